The highest BCUT2D eigenvalue weighted by atomic mass is 19.2. The third kappa shape index (κ3) is 3.21. The molecule has 2 N–H and O–H groups in total. The van der Waals surface area contributed by atoms with E-state index in [0.29, 0.717) is 5.56 Å². The summed E-state index contributed by atoms with van der Waals surface area (Å²) in [6.07, 6.45) is 0. The highest BCUT2D eigenvalue weighted by Crippen LogP contribution is 2.13. The predicted molar refractivity (Wildman–Crippen MR) is 49.7 cm³/mol. The van der Waals surface area contributed by atoms with Crippen molar-refractivity contribution in [3.8, 4) is 0 Å². The van der Waals surface area contributed by atoms with E-state index < -0.39 is 17.5 Å². The smallest absolute Gasteiger partial charge is 0.194 e. The second-order valence-electron chi connectivity index (χ2n) is 3.34. The minimum Gasteiger partial charge on any atom is -0.395 e. The summed E-state index contributed by atoms with van der Waals surface area (Å²) in [4.78, 5) is 0. The average molecular weight is 219 g/mol. The molecule has 0 radical (unpaired) electrons. The van der Waals surface area contributed by atoms with Gasteiger partial charge in [0.2, 0.25) is 0 Å². The molecule has 1 rings (SSSR count). The van der Waals surface area contributed by atoms with Crippen LogP contribution < -0.4 is 5.32 Å². The van der Waals surface area contributed by atoms with Crippen LogP contribution in [-0.2, 0) is 6.54 Å². The summed E-state index contributed by atoms with van der Waals surface area (Å²) < 4.78 is 38.1. The van der Waals surface area contributed by atoms with Crippen LogP contribution >= 0.6 is 0 Å². The maximum absolute atomic E-state index is 12.8. The van der Waals surface area contributed by atoms with Crippen molar-refractivity contribution in [2.75, 3.05) is 6.61 Å². The van der Waals surface area contributed by atoms with E-state index >= 15 is 0 Å². The molecule has 0 bridgehead atoms. The lowest BCUT2D eigenvalue weighted by molar-refractivity contribution is 0.251. The minimum absolute atomic E-state index is 0.0772. The molecule has 0 fully saturated rings. The average Bonchev–Trinajstić information content (AvgIpc) is 2.22. The Morgan fingerprint density at radius 3 is 2.27 bits per heavy atom. The fraction of sp³-hybridized carbons (Fsp3) is 0.400. The summed E-state index contributed by atoms with van der Waals surface area (Å²) in [5.74, 6) is -3.87. The van der Waals surface area contributed by atoms with Gasteiger partial charge in [0.25, 0.3) is 0 Å². The Morgan fingerprint density at radius 2 is 1.80 bits per heavy atom. The first-order chi connectivity index (χ1) is 7.04. The van der Waals surface area contributed by atoms with Crippen LogP contribution in [0.1, 0.15) is 12.5 Å². The highest BCUT2D eigenvalue weighted by molar-refractivity contribution is 5.19. The van der Waals surface area contributed by atoms with Crippen molar-refractivity contribution in [1.29, 1.82) is 0 Å². The van der Waals surface area contributed by atoms with Gasteiger partial charge in [-0.1, -0.05) is 0 Å². The molecule has 0 saturated carbocycles. The molecule has 0 aliphatic carbocycles. The molecule has 5 heteroatoms. The number of halogens is 3. The summed E-state index contributed by atoms with van der Waals surface area (Å²) >= 11 is 0. The largest absolute Gasteiger partial charge is 0.395 e. The normalized spacial score (nSPS) is 12.9. The van der Waals surface area contributed by atoms with Crippen LogP contribution in [0.3, 0.4) is 0 Å². The Labute approximate surface area is 85.7 Å². The molecule has 0 unspecified atom stereocenters. The van der Waals surface area contributed by atoms with Crippen molar-refractivity contribution in [2.45, 2.75) is 19.5 Å². The summed E-state index contributed by atoms with van der Waals surface area (Å²) in [5, 5.41) is 11.5. The number of hydrogen-bond donors (Lipinski definition) is 2. The Morgan fingerprint density at radius 1 is 1.27 bits per heavy atom. The second kappa shape index (κ2) is 5.14. The van der Waals surface area contributed by atoms with Crippen molar-refractivity contribution >= 4 is 0 Å². The van der Waals surface area contributed by atoms with E-state index in [9.17, 15) is 13.2 Å². The first-order valence-corrected chi connectivity index (χ1v) is 4.52. The summed E-state index contributed by atoms with van der Waals surface area (Å²) in [7, 11) is 0. The monoisotopic (exact) mass is 219 g/mol. The van der Waals surface area contributed by atoms with Crippen LogP contribution in [0, 0.1) is 17.5 Å². The van der Waals surface area contributed by atoms with Crippen LogP contribution in [0.25, 0.3) is 0 Å². The highest BCUT2D eigenvalue weighted by Gasteiger charge is 2.10. The molecule has 0 amide bonds. The number of nitrogens with one attached hydrogen (secondary N) is 1. The van der Waals surface area contributed by atoms with Crippen molar-refractivity contribution in [3.05, 3.63) is 35.1 Å². The fourth-order valence-electron chi connectivity index (χ4n) is 1.07. The van der Waals surface area contributed by atoms with E-state index in [1.807, 2.05) is 0 Å². The zero-order chi connectivity index (χ0) is 11.4. The summed E-state index contributed by atoms with van der Waals surface area (Å²) in [6.45, 7) is 1.82. The SMILES string of the molecule is C[C@H](CO)NCc1cc(F)c(F)c(F)c1. The molecule has 0 spiro atoms. The van der Waals surface area contributed by atoms with E-state index in [0.717, 1.165) is 12.1 Å². The first kappa shape index (κ1) is 12.0. The summed E-state index contributed by atoms with van der Waals surface area (Å²) in [5.41, 5.74) is 0.298. The van der Waals surface area contributed by atoms with Gasteiger partial charge in [0, 0.05) is 12.6 Å². The van der Waals surface area contributed by atoms with Gasteiger partial charge in [0.1, 0.15) is 0 Å². The summed E-state index contributed by atoms with van der Waals surface area (Å²) in [6, 6.07) is 1.67. The van der Waals surface area contributed by atoms with E-state index in [4.69, 9.17) is 5.11 Å². The van der Waals surface area contributed by atoms with E-state index in [-0.39, 0.29) is 19.2 Å². The molecular formula is C10H12F3NO. The molecule has 2 nitrogen and oxygen atoms in total. The minimum atomic E-state index is -1.46. The maximum Gasteiger partial charge on any atom is 0.194 e. The Kier molecular flexibility index (Phi) is 4.11. The van der Waals surface area contributed by atoms with Gasteiger partial charge >= 0.3 is 0 Å². The van der Waals surface area contributed by atoms with Gasteiger partial charge < -0.3 is 10.4 Å². The van der Waals surface area contributed by atoms with Gasteiger partial charge in [0.15, 0.2) is 17.5 Å². The standard InChI is InChI=1S/C10H12F3NO/c1-6(5-15)14-4-7-2-8(11)10(13)9(12)3-7/h2-3,6,14-15H,4-5H2,1H3/t6-/m1/s1. The Balaban J connectivity index is 2.70. The molecule has 0 aliphatic heterocycles. The van der Waals surface area contributed by atoms with Gasteiger partial charge in [-0.15, -0.1) is 0 Å². The van der Waals surface area contributed by atoms with E-state index in [1.54, 1.807) is 6.92 Å². The fourth-order valence-corrected chi connectivity index (χ4v) is 1.07. The lowest BCUT2D eigenvalue weighted by Crippen LogP contribution is -2.28. The molecular weight excluding hydrogens is 207 g/mol. The lowest BCUT2D eigenvalue weighted by atomic mass is 10.2. The first-order valence-electron chi connectivity index (χ1n) is 4.52. The maximum atomic E-state index is 12.8. The molecule has 1 atom stereocenters. The number of aliphatic hydroxyl groups is 1. The van der Waals surface area contributed by atoms with Crippen LogP contribution in [0.4, 0.5) is 13.2 Å². The Bertz CT molecular complexity index is 320. The lowest BCUT2D eigenvalue weighted by Gasteiger charge is -2.10. The number of rotatable bonds is 4. The zero-order valence-corrected chi connectivity index (χ0v) is 8.23. The van der Waals surface area contributed by atoms with Gasteiger partial charge in [-0.3, -0.25) is 0 Å². The molecule has 0 aromatic heterocycles. The van der Waals surface area contributed by atoms with Crippen molar-refractivity contribution in [1.82, 2.24) is 5.32 Å². The molecule has 0 saturated heterocycles. The van der Waals surface area contributed by atoms with Crippen molar-refractivity contribution in [3.63, 3.8) is 0 Å². The van der Waals surface area contributed by atoms with Crippen LogP contribution in [0.15, 0.2) is 12.1 Å². The number of aliphatic hydroxyl groups excluding tert-OH is 1. The molecule has 1 aromatic rings. The number of hydrogen-bond acceptors (Lipinski definition) is 2. The van der Waals surface area contributed by atoms with Gasteiger partial charge in [-0.2, -0.15) is 0 Å². The third-order valence-corrected chi connectivity index (χ3v) is 1.97. The van der Waals surface area contributed by atoms with E-state index in [1.165, 1.54) is 0 Å². The molecule has 84 valence electrons. The molecule has 0 heterocycles. The van der Waals surface area contributed by atoms with Crippen LogP contribution in [0.5, 0.6) is 0 Å². The van der Waals surface area contributed by atoms with Gasteiger partial charge in [-0.25, -0.2) is 13.2 Å². The van der Waals surface area contributed by atoms with Crippen LogP contribution in [-0.4, -0.2) is 17.8 Å². The van der Waals surface area contributed by atoms with Gasteiger partial charge in [-0.05, 0) is 24.6 Å². The molecule has 15 heavy (non-hydrogen) atoms. The molecule has 0 aliphatic rings. The van der Waals surface area contributed by atoms with Crippen molar-refractivity contribution < 1.29 is 18.3 Å². The topological polar surface area (TPSA) is 32.3 Å². The predicted octanol–water partition coefficient (Wildman–Crippen LogP) is 1.57. The van der Waals surface area contributed by atoms with Crippen molar-refractivity contribution in [2.24, 2.45) is 0 Å². The Hall–Kier alpha value is -1.07. The number of benzene rings is 1. The van der Waals surface area contributed by atoms with E-state index in [2.05, 4.69) is 5.32 Å². The second-order valence-corrected chi connectivity index (χ2v) is 3.34. The van der Waals surface area contributed by atoms with Gasteiger partial charge in [0.05, 0.1) is 6.61 Å². The zero-order valence-electron chi connectivity index (χ0n) is 8.23. The van der Waals surface area contributed by atoms with Crippen LogP contribution in [0.2, 0.25) is 0 Å². The quantitative estimate of drug-likeness (QED) is 0.753. The third-order valence-electron chi connectivity index (χ3n) is 1.97. The molecule has 1 aromatic carbocycles.